The lowest BCUT2D eigenvalue weighted by molar-refractivity contribution is -1.15. The third-order valence-electron chi connectivity index (χ3n) is 2.41. The Balaban J connectivity index is 0. The van der Waals surface area contributed by atoms with Crippen molar-refractivity contribution < 1.29 is 31.4 Å². The predicted octanol–water partition coefficient (Wildman–Crippen LogP) is -0.679. The Kier molecular flexibility index (Phi) is 10.0. The highest BCUT2D eigenvalue weighted by atomic mass is 35.5. The summed E-state index contributed by atoms with van der Waals surface area (Å²) in [7, 11) is 3.86. The summed E-state index contributed by atoms with van der Waals surface area (Å²) in [6, 6.07) is 0. The maximum absolute atomic E-state index is 5.78. The average molecular weight is 268 g/mol. The van der Waals surface area contributed by atoms with Crippen molar-refractivity contribution >= 4 is 0 Å². The second kappa shape index (κ2) is 8.89. The average Bonchev–Trinajstić information content (AvgIpc) is 2.18. The second-order valence-corrected chi connectivity index (χ2v) is 3.84. The van der Waals surface area contributed by atoms with Crippen LogP contribution in [0.5, 0.6) is 0 Å². The van der Waals surface area contributed by atoms with Gasteiger partial charge < -0.3 is 21.9 Å². The van der Waals surface area contributed by atoms with Crippen molar-refractivity contribution in [2.75, 3.05) is 33.9 Å². The van der Waals surface area contributed by atoms with Crippen molar-refractivity contribution in [3.05, 3.63) is 12.7 Å². The zero-order valence-electron chi connectivity index (χ0n) is 11.7. The van der Waals surface area contributed by atoms with E-state index >= 15 is 0 Å². The lowest BCUT2D eigenvalue weighted by Gasteiger charge is -2.43. The van der Waals surface area contributed by atoms with Crippen LogP contribution in [0.1, 0.15) is 27.2 Å². The van der Waals surface area contributed by atoms with Crippen molar-refractivity contribution in [2.24, 2.45) is 0 Å². The fourth-order valence-electron chi connectivity index (χ4n) is 1.74. The molecule has 0 heterocycles. The predicted molar refractivity (Wildman–Crippen MR) is 64.5 cm³/mol. The van der Waals surface area contributed by atoms with Crippen molar-refractivity contribution in [1.29, 1.82) is 0 Å². The molecule has 0 N–H and O–H groups in total. The molecule has 0 amide bonds. The van der Waals surface area contributed by atoms with Crippen LogP contribution in [0.4, 0.5) is 0 Å². The van der Waals surface area contributed by atoms with Gasteiger partial charge in [-0.25, -0.2) is 0 Å². The number of hydrogen-bond acceptors (Lipinski definition) is 3. The van der Waals surface area contributed by atoms with Crippen LogP contribution in [0.25, 0.3) is 0 Å². The SMILES string of the molecule is C=CCC(OCC)(OCC)[N+](C)(C)OCC.[Cl-]. The number of ether oxygens (including phenoxy) is 2. The third-order valence-corrected chi connectivity index (χ3v) is 2.41. The minimum Gasteiger partial charge on any atom is -1.00 e. The Morgan fingerprint density at radius 2 is 1.53 bits per heavy atom. The normalized spacial score (nSPS) is 12.1. The summed E-state index contributed by atoms with van der Waals surface area (Å²) in [5, 5.41) is 0. The Morgan fingerprint density at radius 3 is 1.82 bits per heavy atom. The van der Waals surface area contributed by atoms with Gasteiger partial charge in [0, 0.05) is 0 Å². The minimum absolute atomic E-state index is 0. The Bertz CT molecular complexity index is 204. The monoisotopic (exact) mass is 267 g/mol. The second-order valence-electron chi connectivity index (χ2n) is 3.84. The molecule has 0 unspecified atom stereocenters. The molecule has 0 aromatic rings. The number of rotatable bonds is 9. The summed E-state index contributed by atoms with van der Waals surface area (Å²) in [5.74, 6) is -0.804. The van der Waals surface area contributed by atoms with Gasteiger partial charge in [-0.1, -0.05) is 6.08 Å². The van der Waals surface area contributed by atoms with Crippen LogP contribution in [0.15, 0.2) is 12.7 Å². The summed E-state index contributed by atoms with van der Waals surface area (Å²) < 4.78 is 11.8. The minimum atomic E-state index is -0.804. The summed E-state index contributed by atoms with van der Waals surface area (Å²) in [4.78, 5) is 5.69. The quantitative estimate of drug-likeness (QED) is 0.240. The van der Waals surface area contributed by atoms with E-state index in [0.29, 0.717) is 26.2 Å². The molecule has 0 saturated carbocycles. The van der Waals surface area contributed by atoms with E-state index in [1.165, 1.54) is 0 Å². The number of halogens is 1. The molecule has 0 bridgehead atoms. The molecule has 0 saturated heterocycles. The molecule has 0 aromatic carbocycles. The van der Waals surface area contributed by atoms with Crippen LogP contribution >= 0.6 is 0 Å². The zero-order chi connectivity index (χ0) is 12.7. The molecule has 0 spiro atoms. The van der Waals surface area contributed by atoms with E-state index < -0.39 is 5.91 Å². The van der Waals surface area contributed by atoms with E-state index in [2.05, 4.69) is 6.58 Å². The molecule has 17 heavy (non-hydrogen) atoms. The van der Waals surface area contributed by atoms with Crippen molar-refractivity contribution in [1.82, 2.24) is 0 Å². The molecule has 104 valence electrons. The van der Waals surface area contributed by atoms with Gasteiger partial charge in [0.1, 0.15) is 20.7 Å². The van der Waals surface area contributed by atoms with Gasteiger partial charge in [-0.15, -0.1) is 11.2 Å². The van der Waals surface area contributed by atoms with E-state index in [9.17, 15) is 0 Å². The van der Waals surface area contributed by atoms with E-state index in [4.69, 9.17) is 14.3 Å². The van der Waals surface area contributed by atoms with Gasteiger partial charge in [0.2, 0.25) is 0 Å². The maximum Gasteiger partial charge on any atom is 0.352 e. The first kappa shape index (κ1) is 19.2. The fourth-order valence-corrected chi connectivity index (χ4v) is 1.74. The molecule has 0 aliphatic heterocycles. The first-order chi connectivity index (χ1) is 7.49. The Hall–Kier alpha value is -0.130. The molecule has 0 radical (unpaired) electrons. The molecule has 0 fully saturated rings. The highest BCUT2D eigenvalue weighted by Crippen LogP contribution is 2.29. The van der Waals surface area contributed by atoms with Gasteiger partial charge in [0.25, 0.3) is 0 Å². The third kappa shape index (κ3) is 4.94. The van der Waals surface area contributed by atoms with E-state index in [1.54, 1.807) is 6.08 Å². The number of nitrogens with zero attached hydrogens (tertiary/aromatic N) is 1. The fraction of sp³-hybridized carbons (Fsp3) is 0.833. The van der Waals surface area contributed by atoms with E-state index in [0.717, 1.165) is 0 Å². The summed E-state index contributed by atoms with van der Waals surface area (Å²) in [6.45, 7) is 11.4. The lowest BCUT2D eigenvalue weighted by Crippen LogP contribution is -3.00. The molecule has 0 aromatic heterocycles. The Morgan fingerprint density at radius 1 is 1.06 bits per heavy atom. The van der Waals surface area contributed by atoms with Crippen LogP contribution in [-0.4, -0.2) is 44.5 Å². The molecule has 5 heteroatoms. The van der Waals surface area contributed by atoms with Crippen molar-refractivity contribution in [3.8, 4) is 0 Å². The number of hydroxylamine groups is 3. The van der Waals surface area contributed by atoms with Gasteiger partial charge in [-0.05, 0) is 20.8 Å². The smallest absolute Gasteiger partial charge is 0.352 e. The standard InChI is InChI=1S/C12H26NO3.ClH/c1-7-11-12(14-8-2,15-9-3)13(5,6)16-10-4;/h7H,1,8-11H2,2-6H3;1H/q+1;/p-1. The largest absolute Gasteiger partial charge is 1.00 e. The van der Waals surface area contributed by atoms with E-state index in [-0.39, 0.29) is 17.1 Å². The highest BCUT2D eigenvalue weighted by molar-refractivity contribution is 4.74. The lowest BCUT2D eigenvalue weighted by atomic mass is 10.3. The summed E-state index contributed by atoms with van der Waals surface area (Å²) in [6.07, 6.45) is 2.38. The molecule has 0 aliphatic rings. The molecular weight excluding hydrogens is 242 g/mol. The van der Waals surface area contributed by atoms with Crippen molar-refractivity contribution in [3.63, 3.8) is 0 Å². The highest BCUT2D eigenvalue weighted by Gasteiger charge is 2.49. The molecular formula is C12H26ClNO3. The summed E-state index contributed by atoms with van der Waals surface area (Å²) in [5.41, 5.74) is 0. The van der Waals surface area contributed by atoms with Crippen LogP contribution in [-0.2, 0) is 14.3 Å². The van der Waals surface area contributed by atoms with Crippen LogP contribution in [0.2, 0.25) is 0 Å². The van der Waals surface area contributed by atoms with Gasteiger partial charge in [0.15, 0.2) is 0 Å². The zero-order valence-corrected chi connectivity index (χ0v) is 12.4. The summed E-state index contributed by atoms with van der Waals surface area (Å²) >= 11 is 0. The first-order valence-corrected chi connectivity index (χ1v) is 5.87. The van der Waals surface area contributed by atoms with Gasteiger partial charge in [0.05, 0.1) is 19.6 Å². The molecule has 4 nitrogen and oxygen atoms in total. The molecule has 0 aliphatic carbocycles. The molecule has 0 atom stereocenters. The Labute approximate surface area is 111 Å². The topological polar surface area (TPSA) is 27.7 Å². The number of quaternary nitrogens is 1. The maximum atomic E-state index is 5.78. The molecule has 0 rings (SSSR count). The number of hydrogen-bond donors (Lipinski definition) is 0. The van der Waals surface area contributed by atoms with Gasteiger partial charge in [-0.2, -0.15) is 4.84 Å². The van der Waals surface area contributed by atoms with Crippen LogP contribution in [0, 0.1) is 0 Å². The van der Waals surface area contributed by atoms with Gasteiger partial charge in [-0.3, -0.25) is 0 Å². The van der Waals surface area contributed by atoms with Crippen molar-refractivity contribution in [2.45, 2.75) is 33.1 Å². The first-order valence-electron chi connectivity index (χ1n) is 5.87. The van der Waals surface area contributed by atoms with Crippen LogP contribution < -0.4 is 12.4 Å². The van der Waals surface area contributed by atoms with E-state index in [1.807, 2.05) is 34.9 Å². The van der Waals surface area contributed by atoms with Gasteiger partial charge >= 0.3 is 5.91 Å². The van der Waals surface area contributed by atoms with Crippen LogP contribution in [0.3, 0.4) is 0 Å².